The molecule has 4 aromatic heterocycles. The van der Waals surface area contributed by atoms with Crippen LogP contribution in [0.5, 0.6) is 17.2 Å². The molecule has 372 valence electrons. The van der Waals surface area contributed by atoms with E-state index >= 15 is 0 Å². The van der Waals surface area contributed by atoms with E-state index in [2.05, 4.69) is 21.3 Å². The molecule has 8 heterocycles. The molecule has 4 aliphatic rings. The van der Waals surface area contributed by atoms with Gasteiger partial charge in [0.2, 0.25) is 5.91 Å². The van der Waals surface area contributed by atoms with Crippen LogP contribution in [-0.2, 0) is 41.2 Å². The van der Waals surface area contributed by atoms with Gasteiger partial charge in [-0.25, -0.2) is 24.2 Å². The maximum absolute atomic E-state index is 14.1. The Morgan fingerprint density at radius 1 is 0.972 bits per heavy atom. The first-order valence-corrected chi connectivity index (χ1v) is 25.0. The van der Waals surface area contributed by atoms with E-state index in [4.69, 9.17) is 14.5 Å². The van der Waals surface area contributed by atoms with Crippen molar-refractivity contribution in [2.24, 2.45) is 5.92 Å². The van der Waals surface area contributed by atoms with Crippen molar-refractivity contribution in [1.29, 1.82) is 0 Å². The Labute approximate surface area is 414 Å². The molecule has 17 heteroatoms. The molecule has 7 aromatic rings. The number of pyridine rings is 2. The number of nitrogens with one attached hydrogen (secondary N) is 1. The fourth-order valence-electron chi connectivity index (χ4n) is 11.6. The van der Waals surface area contributed by atoms with Crippen LogP contribution < -0.4 is 16.0 Å². The van der Waals surface area contributed by atoms with Gasteiger partial charge < -0.3 is 38.8 Å². The second-order valence-electron chi connectivity index (χ2n) is 20.0. The van der Waals surface area contributed by atoms with Crippen LogP contribution in [0.4, 0.5) is 4.79 Å². The summed E-state index contributed by atoms with van der Waals surface area (Å²) in [5.41, 5.74) is 5.23. The molecule has 17 nitrogen and oxygen atoms in total. The van der Waals surface area contributed by atoms with Gasteiger partial charge in [0, 0.05) is 65.9 Å². The summed E-state index contributed by atoms with van der Waals surface area (Å²) in [4.78, 5) is 63.4. The number of aromatic amines is 1. The molecular formula is C55H58N8O9. The standard InChI is InChI=1S/C55H58N8O9/c1-6-36-38-24-35(11-12-43(38)56-49-40(36)28-62-46(49)26-42-41(51(62)66)29-71-31(5)55(42,70)7-2)72-54(69)61-18-8-9-45(61)52(67)60-20-15-32(16-21-60)14-19-59-22-17-33-23-34(10-13-44(33)59)63-50(57-58-53(63)68)39-25-37(30(3)4)47(64)27-48(39)65/h10-13,17,22-27,30,32,45,64-65,70H,5-9,14-16,18-21,28-29H2,1-4H3,(H,58,68)/t45-,55+/m0/s1. The SMILES string of the molecule is C=C1OCc2c(cc3n(c2=O)Cc2c-3nc3ccc(OC(=O)N4CCC[C@H]4C(=O)N4CCC(CCn5ccc6cc(-n7c(-c8cc(C(C)C)c(O)cc8O)n[nH]c7=O)ccc65)CC4)cc3c2CC)[C@@]1(O)CC. The van der Waals surface area contributed by atoms with Gasteiger partial charge in [0.1, 0.15) is 41.3 Å². The van der Waals surface area contributed by atoms with Crippen molar-refractivity contribution < 1.29 is 34.4 Å². The highest BCUT2D eigenvalue weighted by atomic mass is 16.6. The second-order valence-corrected chi connectivity index (χ2v) is 20.0. The molecule has 0 bridgehead atoms. The lowest BCUT2D eigenvalue weighted by Crippen LogP contribution is -2.50. The van der Waals surface area contributed by atoms with E-state index < -0.39 is 23.4 Å². The largest absolute Gasteiger partial charge is 0.508 e. The summed E-state index contributed by atoms with van der Waals surface area (Å²) in [6.45, 7) is 14.5. The number of phenolic OH excluding ortho intramolecular Hbond substituents is 2. The summed E-state index contributed by atoms with van der Waals surface area (Å²) < 4.78 is 17.0. The maximum atomic E-state index is 14.1. The van der Waals surface area contributed by atoms with Gasteiger partial charge in [-0.15, -0.1) is 0 Å². The van der Waals surface area contributed by atoms with E-state index in [0.29, 0.717) is 108 Å². The number of ether oxygens (including phenoxy) is 2. The highest BCUT2D eigenvalue weighted by Gasteiger charge is 2.42. The predicted octanol–water partition coefficient (Wildman–Crippen LogP) is 7.95. The van der Waals surface area contributed by atoms with Crippen molar-refractivity contribution in [2.45, 2.75) is 110 Å². The van der Waals surface area contributed by atoms with Gasteiger partial charge in [0.05, 0.1) is 40.3 Å². The smallest absolute Gasteiger partial charge is 0.415 e. The summed E-state index contributed by atoms with van der Waals surface area (Å²) in [6.07, 6.45) is 6.30. The minimum absolute atomic E-state index is 0.0213. The Morgan fingerprint density at radius 3 is 2.54 bits per heavy atom. The second kappa shape index (κ2) is 17.9. The number of carbonyl (C=O) groups excluding carboxylic acids is 2. The van der Waals surface area contributed by atoms with Crippen molar-refractivity contribution in [3.05, 3.63) is 128 Å². The third-order valence-corrected chi connectivity index (χ3v) is 15.7. The van der Waals surface area contributed by atoms with E-state index in [1.165, 1.54) is 10.6 Å². The van der Waals surface area contributed by atoms with Crippen molar-refractivity contribution >= 4 is 33.8 Å². The Kier molecular flexibility index (Phi) is 11.6. The Balaban J connectivity index is 0.727. The quantitative estimate of drug-likeness (QED) is 0.103. The summed E-state index contributed by atoms with van der Waals surface area (Å²) >= 11 is 0. The van der Waals surface area contributed by atoms with Gasteiger partial charge in [-0.05, 0) is 123 Å². The number of likely N-dealkylation sites (tertiary alicyclic amines) is 2. The average Bonchev–Trinajstić information content (AvgIpc) is 4.19. The van der Waals surface area contributed by atoms with Crippen LogP contribution in [0, 0.1) is 5.92 Å². The first-order chi connectivity index (χ1) is 34.7. The molecule has 4 N–H and O–H groups in total. The summed E-state index contributed by atoms with van der Waals surface area (Å²) in [5.74, 6) is 0.941. The van der Waals surface area contributed by atoms with Gasteiger partial charge in [0.25, 0.3) is 5.56 Å². The predicted molar refractivity (Wildman–Crippen MR) is 270 cm³/mol. The lowest BCUT2D eigenvalue weighted by Gasteiger charge is -2.35. The van der Waals surface area contributed by atoms with E-state index in [1.54, 1.807) is 21.6 Å². The number of phenols is 2. The van der Waals surface area contributed by atoms with Crippen LogP contribution >= 0.6 is 0 Å². The zero-order valence-corrected chi connectivity index (χ0v) is 40.9. The molecule has 0 spiro atoms. The third-order valence-electron chi connectivity index (χ3n) is 15.7. The molecule has 3 aromatic carbocycles. The van der Waals surface area contributed by atoms with E-state index in [9.17, 15) is 34.5 Å². The molecule has 0 saturated carbocycles. The Bertz CT molecular complexity index is 3500. The van der Waals surface area contributed by atoms with Crippen LogP contribution in [0.1, 0.15) is 100.0 Å². The number of hydrogen-bond acceptors (Lipinski definition) is 11. The van der Waals surface area contributed by atoms with Crippen molar-refractivity contribution in [1.82, 2.24) is 38.7 Å². The minimum Gasteiger partial charge on any atom is -0.508 e. The van der Waals surface area contributed by atoms with Crippen LogP contribution in [0.3, 0.4) is 0 Å². The van der Waals surface area contributed by atoms with Crippen LogP contribution in [-0.4, -0.2) is 91.7 Å². The molecule has 0 radical (unpaired) electrons. The third kappa shape index (κ3) is 7.63. The first-order valence-electron chi connectivity index (χ1n) is 25.0. The molecular weight excluding hydrogens is 917 g/mol. The number of hydrogen-bond donors (Lipinski definition) is 4. The van der Waals surface area contributed by atoms with Gasteiger partial charge >= 0.3 is 11.8 Å². The van der Waals surface area contributed by atoms with Crippen molar-refractivity contribution in [2.75, 3.05) is 19.6 Å². The molecule has 2 amide bonds. The zero-order chi connectivity index (χ0) is 50.3. The Hall–Kier alpha value is -7.66. The lowest BCUT2D eigenvalue weighted by atomic mass is 9.84. The van der Waals surface area contributed by atoms with E-state index in [0.717, 1.165) is 53.2 Å². The number of aromatic hydroxyl groups is 2. The van der Waals surface area contributed by atoms with Gasteiger partial charge in [-0.2, -0.15) is 5.10 Å². The van der Waals surface area contributed by atoms with Crippen LogP contribution in [0.25, 0.3) is 50.3 Å². The topological polar surface area (TPSA) is 210 Å². The molecule has 2 fully saturated rings. The molecule has 11 rings (SSSR count). The first kappa shape index (κ1) is 46.7. The van der Waals surface area contributed by atoms with Crippen LogP contribution in [0.15, 0.2) is 88.8 Å². The summed E-state index contributed by atoms with van der Waals surface area (Å²) in [5, 5.41) is 41.2. The normalized spacial score (nSPS) is 18.8. The molecule has 0 unspecified atom stereocenters. The van der Waals surface area contributed by atoms with Crippen molar-refractivity contribution in [3.63, 3.8) is 0 Å². The molecule has 4 aliphatic heterocycles. The number of rotatable bonds is 10. The summed E-state index contributed by atoms with van der Waals surface area (Å²) in [7, 11) is 0. The number of nitrogens with zero attached hydrogens (tertiary/aromatic N) is 7. The average molecular weight is 975 g/mol. The monoisotopic (exact) mass is 974 g/mol. The highest BCUT2D eigenvalue weighted by molar-refractivity contribution is 5.91. The number of aliphatic hydroxyl groups is 1. The van der Waals surface area contributed by atoms with Gasteiger partial charge in [-0.3, -0.25) is 14.5 Å². The molecule has 2 atom stereocenters. The van der Waals surface area contributed by atoms with E-state index in [1.807, 2.05) is 81.3 Å². The fraction of sp³-hybridized carbons (Fsp3) is 0.382. The zero-order valence-electron chi connectivity index (χ0n) is 40.9. The number of carbonyl (C=O) groups is 2. The van der Waals surface area contributed by atoms with Crippen LogP contribution in [0.2, 0.25) is 0 Å². The number of piperidine rings is 1. The number of amides is 2. The number of benzene rings is 3. The number of aromatic nitrogens is 6. The molecule has 2 saturated heterocycles. The highest BCUT2D eigenvalue weighted by Crippen LogP contribution is 2.44. The maximum Gasteiger partial charge on any atom is 0.415 e. The van der Waals surface area contributed by atoms with E-state index in [-0.39, 0.29) is 47.1 Å². The molecule has 72 heavy (non-hydrogen) atoms. The minimum atomic E-state index is -1.48. The fourth-order valence-corrected chi connectivity index (χ4v) is 11.6. The lowest BCUT2D eigenvalue weighted by molar-refractivity contribution is -0.136. The summed E-state index contributed by atoms with van der Waals surface area (Å²) in [6, 6.07) is 17.3. The van der Waals surface area contributed by atoms with Crippen molar-refractivity contribution in [3.8, 4) is 45.7 Å². The Morgan fingerprint density at radius 2 is 1.78 bits per heavy atom. The molecule has 0 aliphatic carbocycles. The number of H-pyrrole nitrogens is 1. The number of fused-ring (bicyclic) bond motifs is 6. The number of aryl methyl sites for hydroxylation is 2. The van der Waals surface area contributed by atoms with Gasteiger partial charge in [-0.1, -0.05) is 34.3 Å². The van der Waals surface area contributed by atoms with Gasteiger partial charge in [0.15, 0.2) is 5.82 Å².